The van der Waals surface area contributed by atoms with Crippen LogP contribution in [0.25, 0.3) is 10.8 Å². The zero-order valence-electron chi connectivity index (χ0n) is 43.8. The minimum absolute atomic E-state index is 0.0162. The summed E-state index contributed by atoms with van der Waals surface area (Å²) in [6.45, 7) is 5.43. The number of imidazole rings is 4. The Balaban J connectivity index is 0.708. The molecule has 1 saturated heterocycles. The molecule has 0 bridgehead atoms. The standard InChI is InChI=1S/C49H59N19O10/c1-60(2)28-38(70)52-33-24-62(4)41(53-33)45(72)58-35-26-64(6)43(55-35)47(74)59-36-27-63(5)42(56-36)46(73)57-34-25-61(3)40(54-34)44(71)51-14-12-37(69)50-13-8-15-65-18-20-66(21-19-65)16-9-17-67-48(75)31-11-7-10-29-22-30(68(77)78)23-32(39(29)31)49(67)76/h7,10-11,22-27H,8-9,12-21,28H2,1-6H3,(H,50,69)(H,51,71)(H,52,70)(H,57,73)(H,58,72)(H,59,74). The number of aryl methyl sites for hydroxylation is 4. The summed E-state index contributed by atoms with van der Waals surface area (Å²) in [4.78, 5) is 139. The second-order valence-corrected chi connectivity index (χ2v) is 19.1. The maximum Gasteiger partial charge on any atom is 0.292 e. The van der Waals surface area contributed by atoms with Crippen molar-refractivity contribution >= 4 is 87.0 Å². The number of likely N-dealkylation sites (N-methyl/N-ethyl adjacent to an activating group) is 1. The molecular formula is C49H59N19O10. The van der Waals surface area contributed by atoms with Gasteiger partial charge in [0.25, 0.3) is 41.1 Å². The first-order valence-electron chi connectivity index (χ1n) is 24.8. The molecule has 8 rings (SSSR count). The Labute approximate surface area is 445 Å². The molecule has 6 aromatic rings. The van der Waals surface area contributed by atoms with Gasteiger partial charge in [0, 0.05) is 128 Å². The van der Waals surface area contributed by atoms with Crippen LogP contribution in [0.3, 0.4) is 0 Å². The van der Waals surface area contributed by atoms with Crippen molar-refractivity contribution in [2.24, 2.45) is 28.2 Å². The number of piperazine rings is 1. The molecule has 78 heavy (non-hydrogen) atoms. The van der Waals surface area contributed by atoms with Crippen LogP contribution in [0.15, 0.2) is 55.1 Å². The van der Waals surface area contributed by atoms with E-state index in [-0.39, 0.29) is 95.7 Å². The SMILES string of the molecule is CN(C)CC(=O)Nc1cn(C)c(C(=O)Nc2cn(C)c(C(=O)Nc3cn(C)c(C(=O)Nc4cn(C)c(C(=O)NCCC(=O)NCCCN5CCN(CCCN6C(=O)c7cccc8cc([N+](=O)[O-])cc(c78)C6=O)CC5)n4)n3)n2)n1. The van der Waals surface area contributed by atoms with Gasteiger partial charge in [-0.15, -0.1) is 0 Å². The van der Waals surface area contributed by atoms with E-state index in [9.17, 15) is 48.5 Å². The van der Waals surface area contributed by atoms with Crippen LogP contribution in [-0.4, -0.2) is 190 Å². The quantitative estimate of drug-likeness (QED) is 0.0238. The Bertz CT molecular complexity index is 3350. The molecule has 0 aliphatic carbocycles. The second kappa shape index (κ2) is 23.8. The van der Waals surface area contributed by atoms with E-state index in [1.54, 1.807) is 65.4 Å². The fraction of sp³-hybridized carbons (Fsp3) is 0.388. The first-order chi connectivity index (χ1) is 37.2. The van der Waals surface area contributed by atoms with E-state index in [1.807, 2.05) is 0 Å². The summed E-state index contributed by atoms with van der Waals surface area (Å²) < 4.78 is 5.60. The largest absolute Gasteiger partial charge is 0.356 e. The monoisotopic (exact) mass is 1070 g/mol. The molecule has 29 heteroatoms. The van der Waals surface area contributed by atoms with E-state index < -0.39 is 40.4 Å². The van der Waals surface area contributed by atoms with Gasteiger partial charge in [0.2, 0.25) is 35.1 Å². The van der Waals surface area contributed by atoms with Crippen LogP contribution in [0.1, 0.15) is 82.5 Å². The molecular weight excluding hydrogens is 1010 g/mol. The van der Waals surface area contributed by atoms with E-state index in [1.165, 1.54) is 60.1 Å². The number of carbonyl (C=O) groups is 8. The molecule has 6 heterocycles. The second-order valence-electron chi connectivity index (χ2n) is 19.1. The summed E-state index contributed by atoms with van der Waals surface area (Å²) in [5, 5.41) is 28.4. The summed E-state index contributed by atoms with van der Waals surface area (Å²) in [5.41, 5.74) is 0.321. The summed E-state index contributed by atoms with van der Waals surface area (Å²) in [5.74, 6) is -4.00. The highest BCUT2D eigenvalue weighted by Crippen LogP contribution is 2.33. The first-order valence-corrected chi connectivity index (χ1v) is 24.8. The van der Waals surface area contributed by atoms with Crippen LogP contribution in [-0.2, 0) is 37.8 Å². The van der Waals surface area contributed by atoms with Crippen molar-refractivity contribution < 1.29 is 43.3 Å². The molecule has 2 aliphatic rings. The maximum absolute atomic E-state index is 13.4. The number of non-ortho nitro benzene ring substituents is 1. The van der Waals surface area contributed by atoms with Crippen LogP contribution >= 0.6 is 0 Å². The van der Waals surface area contributed by atoms with Crippen LogP contribution in [0.2, 0.25) is 0 Å². The average Bonchev–Trinajstić information content (AvgIpc) is 4.32. The van der Waals surface area contributed by atoms with E-state index in [4.69, 9.17) is 0 Å². The third-order valence-electron chi connectivity index (χ3n) is 12.8. The summed E-state index contributed by atoms with van der Waals surface area (Å²) in [7, 11) is 9.73. The molecule has 0 saturated carbocycles. The summed E-state index contributed by atoms with van der Waals surface area (Å²) in [6, 6.07) is 7.58. The van der Waals surface area contributed by atoms with Crippen molar-refractivity contribution in [3.05, 3.63) is 99.7 Å². The number of nitrogens with one attached hydrogen (secondary N) is 6. The van der Waals surface area contributed by atoms with Crippen LogP contribution in [0.4, 0.5) is 29.0 Å². The highest BCUT2D eigenvalue weighted by atomic mass is 16.6. The molecule has 0 atom stereocenters. The highest BCUT2D eigenvalue weighted by Gasteiger charge is 2.34. The number of rotatable bonds is 22. The number of benzene rings is 2. The predicted molar refractivity (Wildman–Crippen MR) is 282 cm³/mol. The summed E-state index contributed by atoms with van der Waals surface area (Å²) >= 11 is 0. The van der Waals surface area contributed by atoms with Crippen molar-refractivity contribution in [3.63, 3.8) is 0 Å². The van der Waals surface area contributed by atoms with Gasteiger partial charge in [-0.05, 0) is 51.5 Å². The number of imide groups is 1. The van der Waals surface area contributed by atoms with Gasteiger partial charge in [-0.1, -0.05) is 12.1 Å². The Morgan fingerprint density at radius 2 is 1.06 bits per heavy atom. The number of hydrogen-bond acceptors (Lipinski definition) is 17. The smallest absolute Gasteiger partial charge is 0.292 e. The maximum atomic E-state index is 13.4. The van der Waals surface area contributed by atoms with Gasteiger partial charge >= 0.3 is 0 Å². The van der Waals surface area contributed by atoms with Gasteiger partial charge < -0.3 is 64.9 Å². The topological polar surface area (TPSA) is 336 Å². The number of nitro groups is 1. The van der Waals surface area contributed by atoms with Gasteiger partial charge in [-0.25, -0.2) is 19.9 Å². The van der Waals surface area contributed by atoms with Gasteiger partial charge in [0.1, 0.15) is 0 Å². The lowest BCUT2D eigenvalue weighted by Gasteiger charge is -2.35. The molecule has 29 nitrogen and oxygen atoms in total. The average molecular weight is 1070 g/mol. The minimum Gasteiger partial charge on any atom is -0.356 e. The Morgan fingerprint density at radius 3 is 1.56 bits per heavy atom. The molecule has 2 aromatic carbocycles. The third-order valence-corrected chi connectivity index (χ3v) is 12.8. The van der Waals surface area contributed by atoms with E-state index >= 15 is 0 Å². The first kappa shape index (κ1) is 55.0. The molecule has 0 unspecified atom stereocenters. The fourth-order valence-corrected chi connectivity index (χ4v) is 9.06. The lowest BCUT2D eigenvalue weighted by atomic mass is 9.93. The number of nitrogens with zero attached hydrogens (tertiary/aromatic N) is 13. The zero-order valence-corrected chi connectivity index (χ0v) is 43.8. The molecule has 1 fully saturated rings. The Hall–Kier alpha value is -9.22. The Kier molecular flexibility index (Phi) is 16.8. The number of amides is 8. The number of hydrogen-bond donors (Lipinski definition) is 6. The van der Waals surface area contributed by atoms with Crippen LogP contribution in [0, 0.1) is 10.1 Å². The molecule has 4 aromatic heterocycles. The number of nitro benzene ring substituents is 1. The molecule has 410 valence electrons. The van der Waals surface area contributed by atoms with Gasteiger partial charge in [-0.3, -0.25) is 53.4 Å². The lowest BCUT2D eigenvalue weighted by Crippen LogP contribution is -2.48. The highest BCUT2D eigenvalue weighted by molar-refractivity contribution is 6.25. The fourth-order valence-electron chi connectivity index (χ4n) is 9.06. The molecule has 0 spiro atoms. The van der Waals surface area contributed by atoms with Crippen molar-refractivity contribution in [3.8, 4) is 0 Å². The number of anilines is 4. The normalized spacial score (nSPS) is 13.7. The van der Waals surface area contributed by atoms with Gasteiger partial charge in [0.15, 0.2) is 23.3 Å². The van der Waals surface area contributed by atoms with E-state index in [0.29, 0.717) is 42.3 Å². The predicted octanol–water partition coefficient (Wildman–Crippen LogP) is 0.869. The summed E-state index contributed by atoms with van der Waals surface area (Å²) in [6.07, 6.45) is 7.04. The molecule has 6 N–H and O–H groups in total. The Morgan fingerprint density at radius 1 is 0.590 bits per heavy atom. The lowest BCUT2D eigenvalue weighted by molar-refractivity contribution is -0.384. The van der Waals surface area contributed by atoms with Crippen molar-refractivity contribution in [2.75, 3.05) is 101 Å². The van der Waals surface area contributed by atoms with Crippen LogP contribution < -0.4 is 31.9 Å². The molecule has 0 radical (unpaired) electrons. The van der Waals surface area contributed by atoms with E-state index in [0.717, 1.165) is 32.7 Å². The molecule has 2 aliphatic heterocycles. The van der Waals surface area contributed by atoms with Crippen LogP contribution in [0.5, 0.6) is 0 Å². The number of aromatic nitrogens is 8. The van der Waals surface area contributed by atoms with Gasteiger partial charge in [0.05, 0.1) is 17.0 Å². The number of carbonyl (C=O) groups excluding carboxylic acids is 8. The minimum atomic E-state index is -0.695. The van der Waals surface area contributed by atoms with Gasteiger partial charge in [-0.2, -0.15) is 0 Å². The zero-order chi connectivity index (χ0) is 55.9. The van der Waals surface area contributed by atoms with Crippen molar-refractivity contribution in [1.29, 1.82) is 0 Å². The van der Waals surface area contributed by atoms with Crippen molar-refractivity contribution in [1.82, 2.24) is 68.4 Å². The molecule has 8 amide bonds. The van der Waals surface area contributed by atoms with Crippen molar-refractivity contribution in [2.45, 2.75) is 19.3 Å². The van der Waals surface area contributed by atoms with E-state index in [2.05, 4.69) is 61.6 Å². The third kappa shape index (κ3) is 12.9.